The van der Waals surface area contributed by atoms with Gasteiger partial charge < -0.3 is 18.9 Å². The summed E-state index contributed by atoms with van der Waals surface area (Å²) in [4.78, 5) is 41.4. The number of pyridine rings is 2. The van der Waals surface area contributed by atoms with E-state index in [1.165, 1.54) is 12.4 Å². The molecular weight excluding hydrogens is 453 g/mol. The van der Waals surface area contributed by atoms with Crippen LogP contribution in [0, 0.1) is 5.95 Å². The first-order valence-electron chi connectivity index (χ1n) is 12.1. The van der Waals surface area contributed by atoms with Crippen LogP contribution >= 0.6 is 0 Å². The summed E-state index contributed by atoms with van der Waals surface area (Å²) in [7, 11) is 0. The molecule has 1 saturated carbocycles. The van der Waals surface area contributed by atoms with Crippen molar-refractivity contribution in [1.82, 2.24) is 14.5 Å². The maximum Gasteiger partial charge on any atom is 0.410 e. The number of aromatic nitrogens is 2. The van der Waals surface area contributed by atoms with Gasteiger partial charge in [0.2, 0.25) is 11.4 Å². The van der Waals surface area contributed by atoms with Crippen LogP contribution < -0.4 is 5.43 Å². The Labute approximate surface area is 204 Å². The fourth-order valence-electron chi connectivity index (χ4n) is 3.88. The first-order chi connectivity index (χ1) is 16.6. The summed E-state index contributed by atoms with van der Waals surface area (Å²) in [5.74, 6) is -1.29. The van der Waals surface area contributed by atoms with Crippen LogP contribution in [0.5, 0.6) is 0 Å². The molecule has 1 aliphatic heterocycles. The van der Waals surface area contributed by atoms with Gasteiger partial charge in [0.25, 0.3) is 0 Å². The highest BCUT2D eigenvalue weighted by molar-refractivity contribution is 5.95. The number of fused-ring (bicyclic) bond motifs is 1. The Morgan fingerprint density at radius 3 is 2.43 bits per heavy atom. The number of rotatable bonds is 4. The van der Waals surface area contributed by atoms with Crippen molar-refractivity contribution < 1.29 is 23.5 Å². The van der Waals surface area contributed by atoms with Gasteiger partial charge in [-0.25, -0.2) is 14.6 Å². The van der Waals surface area contributed by atoms with Crippen molar-refractivity contribution in [2.45, 2.75) is 71.9 Å². The van der Waals surface area contributed by atoms with E-state index in [4.69, 9.17) is 9.47 Å². The maximum atomic E-state index is 14.1. The van der Waals surface area contributed by atoms with Gasteiger partial charge >= 0.3 is 12.1 Å². The quantitative estimate of drug-likeness (QED) is 0.440. The van der Waals surface area contributed by atoms with Crippen LogP contribution in [0.1, 0.15) is 82.3 Å². The molecule has 1 saturated heterocycles. The monoisotopic (exact) mass is 487 g/mol. The predicted molar refractivity (Wildman–Crippen MR) is 132 cm³/mol. The SMILES string of the molecule is C/C=C\c1c(F)ncc2c(=O)c(C(=O)OCC)cn(C3CC3)c12.CC(C)(C)OC(=O)N1CCCC1. The largest absolute Gasteiger partial charge is 0.462 e. The minimum atomic E-state index is -0.661. The summed E-state index contributed by atoms with van der Waals surface area (Å²) in [6.07, 6.45) is 9.89. The molecule has 2 fully saturated rings. The number of nitrogens with zero attached hydrogens (tertiary/aromatic N) is 3. The lowest BCUT2D eigenvalue weighted by molar-refractivity contribution is 0.0294. The van der Waals surface area contributed by atoms with E-state index in [-0.39, 0.29) is 40.9 Å². The number of hydrogen-bond acceptors (Lipinski definition) is 6. The topological polar surface area (TPSA) is 90.7 Å². The molecule has 4 rings (SSSR count). The van der Waals surface area contributed by atoms with Crippen LogP contribution in [0.15, 0.2) is 23.3 Å². The smallest absolute Gasteiger partial charge is 0.410 e. The van der Waals surface area contributed by atoms with Gasteiger partial charge in [0.15, 0.2) is 0 Å². The van der Waals surface area contributed by atoms with Crippen LogP contribution in [0.25, 0.3) is 17.0 Å². The van der Waals surface area contributed by atoms with E-state index in [1.54, 1.807) is 30.9 Å². The molecule has 0 bridgehead atoms. The number of carbonyl (C=O) groups excluding carboxylic acids is 2. The highest BCUT2D eigenvalue weighted by Gasteiger charge is 2.29. The molecular formula is C26H34FN3O5. The van der Waals surface area contributed by atoms with E-state index >= 15 is 0 Å². The van der Waals surface area contributed by atoms with E-state index in [9.17, 15) is 18.8 Å². The van der Waals surface area contributed by atoms with Gasteiger partial charge in [0.05, 0.1) is 23.1 Å². The molecule has 1 amide bonds. The number of esters is 1. The number of likely N-dealkylation sites (tertiary alicyclic amines) is 1. The molecule has 2 aromatic heterocycles. The second-order valence-corrected chi connectivity index (χ2v) is 9.63. The first kappa shape index (κ1) is 26.4. The minimum absolute atomic E-state index is 0.0360. The highest BCUT2D eigenvalue weighted by atomic mass is 19.1. The summed E-state index contributed by atoms with van der Waals surface area (Å²) >= 11 is 0. The summed E-state index contributed by atoms with van der Waals surface area (Å²) in [6.45, 7) is 11.0. The number of amides is 1. The average Bonchev–Trinajstić information content (AvgIpc) is 3.47. The molecule has 0 atom stereocenters. The van der Waals surface area contributed by atoms with E-state index in [0.29, 0.717) is 5.52 Å². The zero-order valence-corrected chi connectivity index (χ0v) is 21.1. The van der Waals surface area contributed by atoms with Crippen molar-refractivity contribution in [3.05, 3.63) is 45.8 Å². The van der Waals surface area contributed by atoms with Gasteiger partial charge in [0, 0.05) is 31.5 Å². The second-order valence-electron chi connectivity index (χ2n) is 9.63. The van der Waals surface area contributed by atoms with Crippen LogP contribution in [0.2, 0.25) is 0 Å². The van der Waals surface area contributed by atoms with Crippen LogP contribution in [0.4, 0.5) is 9.18 Å². The predicted octanol–water partition coefficient (Wildman–Crippen LogP) is 5.10. The van der Waals surface area contributed by atoms with E-state index in [1.807, 2.05) is 25.3 Å². The molecule has 2 aromatic rings. The third kappa shape index (κ3) is 6.46. The third-order valence-electron chi connectivity index (χ3n) is 5.58. The van der Waals surface area contributed by atoms with E-state index in [0.717, 1.165) is 38.8 Å². The molecule has 2 aliphatic rings. The zero-order valence-electron chi connectivity index (χ0n) is 21.1. The average molecular weight is 488 g/mol. The molecule has 8 nitrogen and oxygen atoms in total. The molecule has 0 aromatic carbocycles. The molecule has 0 unspecified atom stereocenters. The zero-order chi connectivity index (χ0) is 25.8. The normalized spacial score (nSPS) is 15.8. The van der Waals surface area contributed by atoms with Crippen molar-refractivity contribution in [3.8, 4) is 0 Å². The molecule has 0 radical (unpaired) electrons. The van der Waals surface area contributed by atoms with Gasteiger partial charge in [-0.05, 0) is 60.3 Å². The Hall–Kier alpha value is -3.23. The number of carbonyl (C=O) groups is 2. The third-order valence-corrected chi connectivity index (χ3v) is 5.58. The highest BCUT2D eigenvalue weighted by Crippen LogP contribution is 2.38. The molecule has 0 N–H and O–H groups in total. The Morgan fingerprint density at radius 1 is 1.23 bits per heavy atom. The Morgan fingerprint density at radius 2 is 1.89 bits per heavy atom. The van der Waals surface area contributed by atoms with Gasteiger partial charge in [0.1, 0.15) is 11.2 Å². The minimum Gasteiger partial charge on any atom is -0.462 e. The van der Waals surface area contributed by atoms with Crippen molar-refractivity contribution in [1.29, 1.82) is 0 Å². The lowest BCUT2D eigenvalue weighted by atomic mass is 10.1. The standard InChI is InChI=1S/C17H17FN2O3.C9H17NO2/c1-3-5-11-14-12(8-19-16(11)18)15(21)13(17(22)23-4-2)9-20(14)10-6-7-10;1-9(2,3)12-8(11)10-6-4-5-7-10/h3,5,8-10H,4,6-7H2,1-2H3;4-7H2,1-3H3/b5-3-;. The Bertz CT molecular complexity index is 1170. The fraction of sp³-hybridized carbons (Fsp3) is 0.538. The van der Waals surface area contributed by atoms with Gasteiger partial charge in [-0.2, -0.15) is 4.39 Å². The van der Waals surface area contributed by atoms with Gasteiger partial charge in [-0.1, -0.05) is 12.2 Å². The summed E-state index contributed by atoms with van der Waals surface area (Å²) < 4.78 is 26.1. The lowest BCUT2D eigenvalue weighted by Crippen LogP contribution is -2.34. The molecule has 1 aliphatic carbocycles. The van der Waals surface area contributed by atoms with E-state index < -0.39 is 17.3 Å². The number of allylic oxidation sites excluding steroid dienone is 1. The number of ether oxygens (including phenoxy) is 2. The van der Waals surface area contributed by atoms with Gasteiger partial charge in [-0.3, -0.25) is 4.79 Å². The van der Waals surface area contributed by atoms with Crippen LogP contribution in [-0.4, -0.2) is 51.8 Å². The molecule has 35 heavy (non-hydrogen) atoms. The number of hydrogen-bond donors (Lipinski definition) is 0. The van der Waals surface area contributed by atoms with Crippen molar-refractivity contribution in [2.24, 2.45) is 0 Å². The van der Waals surface area contributed by atoms with Crippen LogP contribution in [-0.2, 0) is 9.47 Å². The van der Waals surface area contributed by atoms with Crippen molar-refractivity contribution in [3.63, 3.8) is 0 Å². The van der Waals surface area contributed by atoms with Gasteiger partial charge in [-0.15, -0.1) is 0 Å². The summed E-state index contributed by atoms with van der Waals surface area (Å²) in [6, 6.07) is 0.164. The molecule has 3 heterocycles. The lowest BCUT2D eigenvalue weighted by Gasteiger charge is -2.23. The van der Waals surface area contributed by atoms with Crippen LogP contribution in [0.3, 0.4) is 0 Å². The van der Waals surface area contributed by atoms with Crippen molar-refractivity contribution in [2.75, 3.05) is 19.7 Å². The molecule has 0 spiro atoms. The number of halogens is 1. The molecule has 190 valence electrons. The fourth-order valence-corrected chi connectivity index (χ4v) is 3.88. The second kappa shape index (κ2) is 11.0. The summed E-state index contributed by atoms with van der Waals surface area (Å²) in [5, 5.41) is 0.233. The maximum absolute atomic E-state index is 14.1. The van der Waals surface area contributed by atoms with E-state index in [2.05, 4.69) is 4.98 Å². The Kier molecular flexibility index (Phi) is 8.30. The first-order valence-corrected chi connectivity index (χ1v) is 12.1. The summed E-state index contributed by atoms with van der Waals surface area (Å²) in [5.41, 5.74) is -0.125. The molecule has 9 heteroatoms. The Balaban J connectivity index is 0.000000241. The van der Waals surface area contributed by atoms with Crippen molar-refractivity contribution >= 4 is 29.0 Å².